The third kappa shape index (κ3) is 1.51. The molecule has 0 aliphatic heterocycles. The first-order valence-electron chi connectivity index (χ1n) is 2.48. The van der Waals surface area contributed by atoms with E-state index in [1.54, 1.807) is 0 Å². The SMILES string of the molecule is Oc1cc(Cl)c(S)cc1Cl. The summed E-state index contributed by atoms with van der Waals surface area (Å²) in [7, 11) is 0. The van der Waals surface area contributed by atoms with Crippen molar-refractivity contribution in [3.05, 3.63) is 22.2 Å². The average molecular weight is 195 g/mol. The summed E-state index contributed by atoms with van der Waals surface area (Å²) in [6, 6.07) is 2.84. The first-order valence-corrected chi connectivity index (χ1v) is 3.68. The van der Waals surface area contributed by atoms with Crippen LogP contribution in [-0.2, 0) is 0 Å². The lowest BCUT2D eigenvalue weighted by atomic mass is 10.3. The monoisotopic (exact) mass is 194 g/mol. The Balaban J connectivity index is 3.28. The smallest absolute Gasteiger partial charge is 0.135 e. The first-order chi connectivity index (χ1) is 4.61. The molecule has 1 N–H and O–H groups in total. The van der Waals surface area contributed by atoms with Gasteiger partial charge in [0.05, 0.1) is 10.0 Å². The maximum Gasteiger partial charge on any atom is 0.135 e. The van der Waals surface area contributed by atoms with E-state index < -0.39 is 0 Å². The molecule has 0 spiro atoms. The topological polar surface area (TPSA) is 20.2 Å². The molecular formula is C6H4Cl2OS. The van der Waals surface area contributed by atoms with E-state index in [0.717, 1.165) is 0 Å². The molecule has 54 valence electrons. The number of rotatable bonds is 0. The second-order valence-electron chi connectivity index (χ2n) is 1.76. The van der Waals surface area contributed by atoms with Gasteiger partial charge in [0.2, 0.25) is 0 Å². The zero-order valence-corrected chi connectivity index (χ0v) is 7.21. The highest BCUT2D eigenvalue weighted by Crippen LogP contribution is 2.31. The van der Waals surface area contributed by atoms with Gasteiger partial charge < -0.3 is 5.11 Å². The Morgan fingerprint density at radius 2 is 1.80 bits per heavy atom. The molecular weight excluding hydrogens is 191 g/mol. The average Bonchev–Trinajstić information content (AvgIpc) is 1.84. The van der Waals surface area contributed by atoms with Crippen molar-refractivity contribution < 1.29 is 5.11 Å². The second-order valence-corrected chi connectivity index (χ2v) is 3.05. The minimum absolute atomic E-state index is 0.0236. The number of benzene rings is 1. The Morgan fingerprint density at radius 1 is 1.20 bits per heavy atom. The number of hydrogen-bond donors (Lipinski definition) is 2. The third-order valence-corrected chi connectivity index (χ3v) is 2.13. The van der Waals surface area contributed by atoms with Gasteiger partial charge in [0.25, 0.3) is 0 Å². The molecule has 1 aromatic carbocycles. The molecule has 0 amide bonds. The van der Waals surface area contributed by atoms with Crippen LogP contribution in [-0.4, -0.2) is 5.11 Å². The summed E-state index contributed by atoms with van der Waals surface area (Å²) in [6.07, 6.45) is 0. The molecule has 0 heterocycles. The highest BCUT2D eigenvalue weighted by atomic mass is 35.5. The summed E-state index contributed by atoms with van der Waals surface area (Å²) < 4.78 is 0. The van der Waals surface area contributed by atoms with E-state index in [4.69, 9.17) is 28.3 Å². The van der Waals surface area contributed by atoms with E-state index in [0.29, 0.717) is 9.92 Å². The zero-order chi connectivity index (χ0) is 7.72. The molecule has 1 aromatic rings. The van der Waals surface area contributed by atoms with Crippen LogP contribution in [0.1, 0.15) is 0 Å². The lowest BCUT2D eigenvalue weighted by Crippen LogP contribution is -1.71. The normalized spacial score (nSPS) is 9.90. The molecule has 0 aliphatic rings. The predicted molar refractivity (Wildman–Crippen MR) is 45.4 cm³/mol. The van der Waals surface area contributed by atoms with Crippen molar-refractivity contribution in [2.24, 2.45) is 0 Å². The van der Waals surface area contributed by atoms with Crippen molar-refractivity contribution in [2.45, 2.75) is 4.90 Å². The molecule has 1 rings (SSSR count). The van der Waals surface area contributed by atoms with Crippen LogP contribution in [0.2, 0.25) is 10.0 Å². The van der Waals surface area contributed by atoms with Crippen LogP contribution >= 0.6 is 35.8 Å². The van der Waals surface area contributed by atoms with E-state index in [2.05, 4.69) is 12.6 Å². The number of aromatic hydroxyl groups is 1. The van der Waals surface area contributed by atoms with E-state index in [-0.39, 0.29) is 10.8 Å². The zero-order valence-electron chi connectivity index (χ0n) is 4.81. The van der Waals surface area contributed by atoms with E-state index in [9.17, 15) is 0 Å². The Hall–Kier alpha value is -0.0500. The van der Waals surface area contributed by atoms with Gasteiger partial charge in [0, 0.05) is 11.0 Å². The van der Waals surface area contributed by atoms with Crippen LogP contribution in [0.5, 0.6) is 5.75 Å². The van der Waals surface area contributed by atoms with Crippen LogP contribution in [0.4, 0.5) is 0 Å². The van der Waals surface area contributed by atoms with Gasteiger partial charge in [-0.25, -0.2) is 0 Å². The number of halogens is 2. The van der Waals surface area contributed by atoms with E-state index in [1.807, 2.05) is 0 Å². The van der Waals surface area contributed by atoms with Crippen molar-refractivity contribution in [2.75, 3.05) is 0 Å². The number of phenolic OH excluding ortho intramolecular Hbond substituents is 1. The standard InChI is InChI=1S/C6H4Cl2OS/c7-3-2-6(10)4(8)1-5(3)9/h1-2,9-10H. The van der Waals surface area contributed by atoms with E-state index in [1.165, 1.54) is 12.1 Å². The van der Waals surface area contributed by atoms with Crippen molar-refractivity contribution in [3.63, 3.8) is 0 Å². The van der Waals surface area contributed by atoms with Gasteiger partial charge in [0.15, 0.2) is 0 Å². The Kier molecular flexibility index (Phi) is 2.34. The number of hydrogen-bond acceptors (Lipinski definition) is 2. The lowest BCUT2D eigenvalue weighted by molar-refractivity contribution is 0.475. The Bertz CT molecular complexity index is 212. The predicted octanol–water partition coefficient (Wildman–Crippen LogP) is 2.99. The van der Waals surface area contributed by atoms with Gasteiger partial charge in [-0.2, -0.15) is 0 Å². The largest absolute Gasteiger partial charge is 0.506 e. The fraction of sp³-hybridized carbons (Fsp3) is 0. The Labute approximate surface area is 74.0 Å². The summed E-state index contributed by atoms with van der Waals surface area (Å²) in [5.41, 5.74) is 0. The molecule has 0 fully saturated rings. The summed E-state index contributed by atoms with van der Waals surface area (Å²) in [5, 5.41) is 9.63. The number of thiol groups is 1. The summed E-state index contributed by atoms with van der Waals surface area (Å²) >= 11 is 15.1. The summed E-state index contributed by atoms with van der Waals surface area (Å²) in [5.74, 6) is -0.0236. The van der Waals surface area contributed by atoms with Crippen LogP contribution in [0.15, 0.2) is 17.0 Å². The third-order valence-electron chi connectivity index (χ3n) is 1.02. The maximum absolute atomic E-state index is 8.97. The van der Waals surface area contributed by atoms with Crippen molar-refractivity contribution in [1.29, 1.82) is 0 Å². The van der Waals surface area contributed by atoms with Gasteiger partial charge in [-0.1, -0.05) is 23.2 Å². The molecule has 0 bridgehead atoms. The highest BCUT2D eigenvalue weighted by Gasteiger charge is 2.01. The molecule has 0 unspecified atom stereocenters. The summed E-state index contributed by atoms with van der Waals surface area (Å²) in [6.45, 7) is 0. The number of phenols is 1. The van der Waals surface area contributed by atoms with Gasteiger partial charge >= 0.3 is 0 Å². The quantitative estimate of drug-likeness (QED) is 0.609. The highest BCUT2D eigenvalue weighted by molar-refractivity contribution is 7.80. The fourth-order valence-corrected chi connectivity index (χ4v) is 1.12. The van der Waals surface area contributed by atoms with Crippen LogP contribution in [0.25, 0.3) is 0 Å². The minimum atomic E-state index is -0.0236. The molecule has 1 nitrogen and oxygen atoms in total. The maximum atomic E-state index is 8.97. The molecule has 0 atom stereocenters. The second kappa shape index (κ2) is 2.91. The fourth-order valence-electron chi connectivity index (χ4n) is 0.526. The van der Waals surface area contributed by atoms with E-state index >= 15 is 0 Å². The van der Waals surface area contributed by atoms with Gasteiger partial charge in [-0.3, -0.25) is 0 Å². The van der Waals surface area contributed by atoms with Crippen LogP contribution in [0, 0.1) is 0 Å². The summed E-state index contributed by atoms with van der Waals surface area (Å²) in [4.78, 5) is 0.560. The van der Waals surface area contributed by atoms with Gasteiger partial charge in [-0.05, 0) is 6.07 Å². The molecule has 4 heteroatoms. The van der Waals surface area contributed by atoms with Crippen molar-refractivity contribution >= 4 is 35.8 Å². The van der Waals surface area contributed by atoms with Crippen LogP contribution in [0.3, 0.4) is 0 Å². The van der Waals surface area contributed by atoms with Gasteiger partial charge in [-0.15, -0.1) is 12.6 Å². The van der Waals surface area contributed by atoms with Crippen molar-refractivity contribution in [3.8, 4) is 5.75 Å². The molecule has 0 radical (unpaired) electrons. The molecule has 0 aromatic heterocycles. The lowest BCUT2D eigenvalue weighted by Gasteiger charge is -1.98. The Morgan fingerprint density at radius 3 is 2.30 bits per heavy atom. The minimum Gasteiger partial charge on any atom is -0.506 e. The molecule has 10 heavy (non-hydrogen) atoms. The van der Waals surface area contributed by atoms with Crippen molar-refractivity contribution in [1.82, 2.24) is 0 Å². The molecule has 0 saturated carbocycles. The molecule has 0 aliphatic carbocycles. The van der Waals surface area contributed by atoms with Gasteiger partial charge in [0.1, 0.15) is 5.75 Å². The first kappa shape index (κ1) is 8.05. The molecule has 0 saturated heterocycles. The van der Waals surface area contributed by atoms with Crippen LogP contribution < -0.4 is 0 Å².